The summed E-state index contributed by atoms with van der Waals surface area (Å²) in [6.07, 6.45) is 0. The van der Waals surface area contributed by atoms with Crippen molar-refractivity contribution >= 4 is 23.2 Å². The van der Waals surface area contributed by atoms with Crippen molar-refractivity contribution in [2.24, 2.45) is 5.73 Å². The number of nitrogens with two attached hydrogens (primary N) is 1. The molecule has 0 aliphatic carbocycles. The number of para-hydroxylation sites is 2. The molecule has 160 valence electrons. The van der Waals surface area contributed by atoms with Crippen molar-refractivity contribution < 1.29 is 9.53 Å². The molecule has 30 heavy (non-hydrogen) atoms. The molecule has 3 rings (SSSR count). The van der Waals surface area contributed by atoms with E-state index in [0.717, 1.165) is 26.2 Å². The molecule has 0 spiro atoms. The molecule has 2 aromatic rings. The predicted molar refractivity (Wildman–Crippen MR) is 117 cm³/mol. The zero-order valence-electron chi connectivity index (χ0n) is 17.2. The lowest BCUT2D eigenvalue weighted by Crippen LogP contribution is -2.54. The van der Waals surface area contributed by atoms with Crippen LogP contribution in [-0.2, 0) is 0 Å². The van der Waals surface area contributed by atoms with Crippen LogP contribution in [0.1, 0.15) is 10.4 Å². The highest BCUT2D eigenvalue weighted by Crippen LogP contribution is 2.22. The van der Waals surface area contributed by atoms with Gasteiger partial charge in [0.1, 0.15) is 5.75 Å². The maximum Gasteiger partial charge on any atom is 0.253 e. The second-order valence-corrected chi connectivity index (χ2v) is 6.93. The van der Waals surface area contributed by atoms with Gasteiger partial charge in [-0.3, -0.25) is 10.2 Å². The maximum absolute atomic E-state index is 12.7. The smallest absolute Gasteiger partial charge is 0.253 e. The fourth-order valence-electron chi connectivity index (χ4n) is 3.11. The highest BCUT2D eigenvalue weighted by molar-refractivity contribution is 5.96. The molecule has 10 nitrogen and oxygen atoms in total. The summed E-state index contributed by atoms with van der Waals surface area (Å²) in [5, 5.41) is 9.18. The van der Waals surface area contributed by atoms with Crippen molar-refractivity contribution in [3.63, 3.8) is 0 Å². The van der Waals surface area contributed by atoms with Gasteiger partial charge in [-0.1, -0.05) is 12.1 Å². The quantitative estimate of drug-likeness (QED) is 0.257. The fraction of sp³-hybridized carbons (Fsp3) is 0.300. The number of ether oxygens (including phenoxy) is 1. The minimum absolute atomic E-state index is 0.00736. The number of guanidine groups is 1. The highest BCUT2D eigenvalue weighted by Gasteiger charge is 2.20. The molecule has 1 amide bonds. The number of benzene rings is 2. The van der Waals surface area contributed by atoms with E-state index < -0.39 is 0 Å². The van der Waals surface area contributed by atoms with Crippen LogP contribution in [0.15, 0.2) is 48.5 Å². The van der Waals surface area contributed by atoms with E-state index in [0.29, 0.717) is 22.7 Å². The molecule has 0 atom stereocenters. The number of nitrogens with one attached hydrogen (secondary N) is 4. The summed E-state index contributed by atoms with van der Waals surface area (Å²) < 4.78 is 5.28. The summed E-state index contributed by atoms with van der Waals surface area (Å²) in [5.74, 6) is 0.448. The lowest BCUT2D eigenvalue weighted by Gasteiger charge is -2.32. The third kappa shape index (κ3) is 5.17. The van der Waals surface area contributed by atoms with Crippen LogP contribution >= 0.6 is 0 Å². The average molecular weight is 412 g/mol. The predicted octanol–water partition coefficient (Wildman–Crippen LogP) is 0.819. The number of methoxy groups -OCH3 is 1. The molecular weight excluding hydrogens is 384 g/mol. The Morgan fingerprint density at radius 2 is 1.77 bits per heavy atom. The third-order valence-corrected chi connectivity index (χ3v) is 4.88. The normalized spacial score (nSPS) is 14.3. The van der Waals surface area contributed by atoms with Gasteiger partial charge in [0.15, 0.2) is 0 Å². The van der Waals surface area contributed by atoms with Gasteiger partial charge in [0, 0.05) is 31.7 Å². The number of hydrogen-bond donors (Lipinski definition) is 5. The Kier molecular flexibility index (Phi) is 7.07. The van der Waals surface area contributed by atoms with Gasteiger partial charge >= 0.3 is 0 Å². The number of hydrogen-bond acceptors (Lipinski definition) is 7. The number of rotatable bonds is 7. The number of carbonyl (C=O) groups excluding carboxylic acids is 1. The van der Waals surface area contributed by atoms with Crippen LogP contribution in [0.4, 0.5) is 11.4 Å². The highest BCUT2D eigenvalue weighted by atomic mass is 16.5. The first-order valence-corrected chi connectivity index (χ1v) is 9.61. The molecule has 0 radical (unpaired) electrons. The lowest BCUT2D eigenvalue weighted by atomic mass is 10.1. The molecule has 1 fully saturated rings. The monoisotopic (exact) mass is 412 g/mol. The topological polar surface area (TPSA) is 122 Å². The molecule has 1 heterocycles. The Morgan fingerprint density at radius 1 is 1.10 bits per heavy atom. The minimum atomic E-state index is -0.220. The van der Waals surface area contributed by atoms with Crippen LogP contribution in [-0.4, -0.2) is 62.0 Å². The molecule has 2 aromatic carbocycles. The van der Waals surface area contributed by atoms with E-state index in [2.05, 4.69) is 28.4 Å². The van der Waals surface area contributed by atoms with E-state index in [4.69, 9.17) is 15.9 Å². The summed E-state index contributed by atoms with van der Waals surface area (Å²) >= 11 is 0. The van der Waals surface area contributed by atoms with Gasteiger partial charge in [0.05, 0.1) is 18.5 Å². The standard InChI is InChI=1S/C20H28N8O2/c1-26-11-13-27(14-12-26)19(29)15-7-9-16(10-8-15)28(20(21)22)25-24-23-17-5-3-4-6-18(17)30-2/h3-10,23-25H,11-14H2,1-2H3,(H3,21,22). The Bertz CT molecular complexity index is 865. The van der Waals surface area contributed by atoms with Crippen LogP contribution < -0.4 is 32.0 Å². The van der Waals surface area contributed by atoms with E-state index in [9.17, 15) is 4.79 Å². The average Bonchev–Trinajstić information content (AvgIpc) is 2.77. The number of hydrazine groups is 3. The van der Waals surface area contributed by atoms with Gasteiger partial charge in [-0.2, -0.15) is 5.53 Å². The minimum Gasteiger partial charge on any atom is -0.495 e. The SMILES string of the molecule is COc1ccccc1NNNN(C(=N)N)c1ccc(C(=O)N2CCN(C)CC2)cc1. The number of piperazine rings is 1. The number of anilines is 2. The molecule has 0 aromatic heterocycles. The second-order valence-electron chi connectivity index (χ2n) is 6.93. The first-order valence-electron chi connectivity index (χ1n) is 9.61. The molecule has 1 saturated heterocycles. The van der Waals surface area contributed by atoms with Crippen LogP contribution in [0.2, 0.25) is 0 Å². The lowest BCUT2D eigenvalue weighted by molar-refractivity contribution is 0.0664. The summed E-state index contributed by atoms with van der Waals surface area (Å²) in [6.45, 7) is 3.18. The molecule has 10 heteroatoms. The zero-order valence-corrected chi connectivity index (χ0v) is 17.2. The van der Waals surface area contributed by atoms with Gasteiger partial charge in [-0.15, -0.1) is 5.53 Å². The molecule has 1 aliphatic heterocycles. The Labute approximate surface area is 176 Å². The largest absolute Gasteiger partial charge is 0.495 e. The van der Waals surface area contributed by atoms with Crippen molar-refractivity contribution in [3.8, 4) is 5.75 Å². The number of likely N-dealkylation sites (N-methyl/N-ethyl adjacent to an activating group) is 1. The second kappa shape index (κ2) is 9.92. The van der Waals surface area contributed by atoms with Crippen molar-refractivity contribution in [1.82, 2.24) is 20.9 Å². The summed E-state index contributed by atoms with van der Waals surface area (Å²) in [6, 6.07) is 14.3. The Morgan fingerprint density at radius 3 is 2.40 bits per heavy atom. The van der Waals surface area contributed by atoms with Crippen LogP contribution in [0, 0.1) is 5.41 Å². The van der Waals surface area contributed by atoms with Gasteiger partial charge in [-0.25, -0.2) is 5.01 Å². The van der Waals surface area contributed by atoms with Crippen LogP contribution in [0.5, 0.6) is 5.75 Å². The number of nitrogens with zero attached hydrogens (tertiary/aromatic N) is 3. The van der Waals surface area contributed by atoms with Gasteiger partial charge in [0.25, 0.3) is 5.91 Å². The Hall–Kier alpha value is -3.34. The first-order chi connectivity index (χ1) is 14.5. The number of amides is 1. The van der Waals surface area contributed by atoms with E-state index in [1.54, 1.807) is 31.4 Å². The fourth-order valence-corrected chi connectivity index (χ4v) is 3.11. The van der Waals surface area contributed by atoms with Gasteiger partial charge in [-0.05, 0) is 43.4 Å². The molecule has 6 N–H and O–H groups in total. The molecule has 0 unspecified atom stereocenters. The van der Waals surface area contributed by atoms with Crippen molar-refractivity contribution in [1.29, 1.82) is 5.41 Å². The molecule has 0 bridgehead atoms. The molecule has 1 aliphatic rings. The van der Waals surface area contributed by atoms with E-state index in [-0.39, 0.29) is 11.9 Å². The zero-order chi connectivity index (χ0) is 21.5. The van der Waals surface area contributed by atoms with Crippen molar-refractivity contribution in [2.45, 2.75) is 0 Å². The summed E-state index contributed by atoms with van der Waals surface area (Å²) in [4.78, 5) is 16.7. The maximum atomic E-state index is 12.7. The Balaban J connectivity index is 1.62. The summed E-state index contributed by atoms with van der Waals surface area (Å²) in [7, 11) is 3.64. The summed E-state index contributed by atoms with van der Waals surface area (Å²) in [5.41, 5.74) is 16.2. The first kappa shape index (κ1) is 21.4. The van der Waals surface area contributed by atoms with Crippen LogP contribution in [0.25, 0.3) is 0 Å². The van der Waals surface area contributed by atoms with Crippen molar-refractivity contribution in [2.75, 3.05) is 50.8 Å². The van der Waals surface area contributed by atoms with E-state index in [1.165, 1.54) is 5.01 Å². The van der Waals surface area contributed by atoms with Gasteiger partial charge < -0.3 is 25.7 Å². The van der Waals surface area contributed by atoms with E-state index >= 15 is 0 Å². The third-order valence-electron chi connectivity index (χ3n) is 4.88. The van der Waals surface area contributed by atoms with Crippen LogP contribution in [0.3, 0.4) is 0 Å². The van der Waals surface area contributed by atoms with Crippen molar-refractivity contribution in [3.05, 3.63) is 54.1 Å². The van der Waals surface area contributed by atoms with E-state index in [1.807, 2.05) is 29.2 Å². The molecule has 0 saturated carbocycles. The van der Waals surface area contributed by atoms with Gasteiger partial charge in [0.2, 0.25) is 5.96 Å². The number of carbonyl (C=O) groups is 1. The molecular formula is C20H28N8O2.